The van der Waals surface area contributed by atoms with Crippen molar-refractivity contribution in [2.75, 3.05) is 6.54 Å². The van der Waals surface area contributed by atoms with Crippen molar-refractivity contribution in [3.63, 3.8) is 0 Å². The van der Waals surface area contributed by atoms with Gasteiger partial charge in [-0.05, 0) is 47.0 Å². The number of hydrogen-bond acceptors (Lipinski definition) is 2. The van der Waals surface area contributed by atoms with Crippen LogP contribution in [0.15, 0.2) is 22.7 Å². The van der Waals surface area contributed by atoms with E-state index in [1.807, 2.05) is 0 Å². The Labute approximate surface area is 120 Å². The van der Waals surface area contributed by atoms with E-state index in [1.165, 1.54) is 24.6 Å². The average molecular weight is 329 g/mol. The van der Waals surface area contributed by atoms with Crippen molar-refractivity contribution in [2.24, 2.45) is 5.73 Å². The molecule has 1 aliphatic rings. The Morgan fingerprint density at radius 3 is 2.68 bits per heavy atom. The number of amides is 1. The maximum absolute atomic E-state index is 13.1. The molecule has 104 valence electrons. The van der Waals surface area contributed by atoms with Gasteiger partial charge in [-0.2, -0.15) is 0 Å². The van der Waals surface area contributed by atoms with Gasteiger partial charge in [0.15, 0.2) is 0 Å². The zero-order chi connectivity index (χ0) is 13.9. The molecule has 1 amide bonds. The van der Waals surface area contributed by atoms with Crippen LogP contribution in [0.4, 0.5) is 4.39 Å². The Kier molecular flexibility index (Phi) is 4.58. The van der Waals surface area contributed by atoms with Gasteiger partial charge in [-0.1, -0.05) is 19.3 Å². The van der Waals surface area contributed by atoms with Crippen LogP contribution in [-0.4, -0.2) is 18.0 Å². The first-order valence-corrected chi connectivity index (χ1v) is 7.32. The SMILES string of the molecule is NC1(CNC(=O)c2ccc(F)c(Br)c2)CCCCC1. The Morgan fingerprint density at radius 2 is 2.05 bits per heavy atom. The van der Waals surface area contributed by atoms with E-state index < -0.39 is 0 Å². The van der Waals surface area contributed by atoms with Crippen LogP contribution >= 0.6 is 15.9 Å². The third-order valence-corrected chi connectivity index (χ3v) is 4.24. The summed E-state index contributed by atoms with van der Waals surface area (Å²) in [7, 11) is 0. The smallest absolute Gasteiger partial charge is 0.251 e. The maximum Gasteiger partial charge on any atom is 0.251 e. The first-order valence-electron chi connectivity index (χ1n) is 6.52. The molecule has 1 aliphatic carbocycles. The molecule has 5 heteroatoms. The molecule has 1 saturated carbocycles. The summed E-state index contributed by atoms with van der Waals surface area (Å²) in [5.41, 5.74) is 6.41. The minimum atomic E-state index is -0.376. The number of rotatable bonds is 3. The molecule has 0 aromatic heterocycles. The van der Waals surface area contributed by atoms with Gasteiger partial charge in [-0.15, -0.1) is 0 Å². The third-order valence-electron chi connectivity index (χ3n) is 3.63. The molecular formula is C14H18BrFN2O. The predicted molar refractivity (Wildman–Crippen MR) is 76.4 cm³/mol. The van der Waals surface area contributed by atoms with Crippen LogP contribution in [0.25, 0.3) is 0 Å². The highest BCUT2D eigenvalue weighted by Gasteiger charge is 2.27. The molecule has 3 N–H and O–H groups in total. The van der Waals surface area contributed by atoms with Gasteiger partial charge in [0.2, 0.25) is 0 Å². The van der Waals surface area contributed by atoms with Crippen LogP contribution < -0.4 is 11.1 Å². The van der Waals surface area contributed by atoms with E-state index in [4.69, 9.17) is 5.73 Å². The van der Waals surface area contributed by atoms with Crippen molar-refractivity contribution >= 4 is 21.8 Å². The zero-order valence-electron chi connectivity index (χ0n) is 10.7. The van der Waals surface area contributed by atoms with Gasteiger partial charge in [0.25, 0.3) is 5.91 Å². The second kappa shape index (κ2) is 6.01. The molecule has 2 rings (SSSR count). The number of nitrogens with two attached hydrogens (primary N) is 1. The number of hydrogen-bond donors (Lipinski definition) is 2. The Balaban J connectivity index is 1.95. The predicted octanol–water partition coefficient (Wildman–Crippen LogP) is 2.98. The van der Waals surface area contributed by atoms with Gasteiger partial charge >= 0.3 is 0 Å². The summed E-state index contributed by atoms with van der Waals surface area (Å²) in [5.74, 6) is -0.588. The van der Waals surface area contributed by atoms with E-state index in [0.717, 1.165) is 25.7 Å². The highest BCUT2D eigenvalue weighted by Crippen LogP contribution is 2.25. The van der Waals surface area contributed by atoms with Crippen LogP contribution in [0, 0.1) is 5.82 Å². The Bertz CT molecular complexity index is 473. The van der Waals surface area contributed by atoms with Crippen molar-refractivity contribution in [3.8, 4) is 0 Å². The molecule has 1 fully saturated rings. The van der Waals surface area contributed by atoms with E-state index in [0.29, 0.717) is 16.6 Å². The van der Waals surface area contributed by atoms with Gasteiger partial charge in [0.05, 0.1) is 4.47 Å². The summed E-state index contributed by atoms with van der Waals surface area (Å²) in [6, 6.07) is 4.23. The number of benzene rings is 1. The van der Waals surface area contributed by atoms with E-state index >= 15 is 0 Å². The Morgan fingerprint density at radius 1 is 1.37 bits per heavy atom. The first-order chi connectivity index (χ1) is 9.00. The zero-order valence-corrected chi connectivity index (χ0v) is 12.3. The molecule has 0 spiro atoms. The normalized spacial score (nSPS) is 18.1. The lowest BCUT2D eigenvalue weighted by Crippen LogP contribution is -2.51. The van der Waals surface area contributed by atoms with Crippen molar-refractivity contribution < 1.29 is 9.18 Å². The molecule has 0 aliphatic heterocycles. The van der Waals surface area contributed by atoms with Gasteiger partial charge in [0.1, 0.15) is 5.82 Å². The van der Waals surface area contributed by atoms with Crippen LogP contribution in [0.2, 0.25) is 0 Å². The van der Waals surface area contributed by atoms with E-state index in [9.17, 15) is 9.18 Å². The van der Waals surface area contributed by atoms with Crippen LogP contribution in [0.1, 0.15) is 42.5 Å². The average Bonchev–Trinajstić information content (AvgIpc) is 2.40. The van der Waals surface area contributed by atoms with Crippen molar-refractivity contribution in [1.82, 2.24) is 5.32 Å². The van der Waals surface area contributed by atoms with Crippen molar-refractivity contribution in [1.29, 1.82) is 0 Å². The third kappa shape index (κ3) is 3.76. The van der Waals surface area contributed by atoms with Gasteiger partial charge in [0, 0.05) is 17.6 Å². The molecular weight excluding hydrogens is 311 g/mol. The maximum atomic E-state index is 13.1. The van der Waals surface area contributed by atoms with E-state index in [1.54, 1.807) is 0 Å². The molecule has 0 saturated heterocycles. The molecule has 0 atom stereocenters. The molecule has 3 nitrogen and oxygen atoms in total. The molecule has 1 aromatic carbocycles. The molecule has 0 unspecified atom stereocenters. The molecule has 19 heavy (non-hydrogen) atoms. The second-order valence-electron chi connectivity index (χ2n) is 5.23. The summed E-state index contributed by atoms with van der Waals surface area (Å²) in [6.45, 7) is 0.473. The van der Waals surface area contributed by atoms with Crippen molar-refractivity contribution in [3.05, 3.63) is 34.1 Å². The number of carbonyl (C=O) groups excluding carboxylic acids is 1. The van der Waals surface area contributed by atoms with Gasteiger partial charge in [-0.25, -0.2) is 4.39 Å². The fourth-order valence-electron chi connectivity index (χ4n) is 2.43. The number of nitrogens with one attached hydrogen (secondary N) is 1. The Hall–Kier alpha value is -0.940. The number of carbonyl (C=O) groups is 1. The minimum Gasteiger partial charge on any atom is -0.350 e. The highest BCUT2D eigenvalue weighted by molar-refractivity contribution is 9.10. The molecule has 0 bridgehead atoms. The summed E-state index contributed by atoms with van der Waals surface area (Å²) in [5, 5.41) is 2.85. The highest BCUT2D eigenvalue weighted by atomic mass is 79.9. The van der Waals surface area contributed by atoms with Crippen molar-refractivity contribution in [2.45, 2.75) is 37.6 Å². The van der Waals surface area contributed by atoms with Gasteiger partial charge < -0.3 is 11.1 Å². The minimum absolute atomic E-state index is 0.212. The molecule has 0 heterocycles. The second-order valence-corrected chi connectivity index (χ2v) is 6.09. The summed E-state index contributed by atoms with van der Waals surface area (Å²) in [4.78, 5) is 12.0. The molecule has 0 radical (unpaired) electrons. The monoisotopic (exact) mass is 328 g/mol. The van der Waals surface area contributed by atoms with E-state index in [2.05, 4.69) is 21.2 Å². The largest absolute Gasteiger partial charge is 0.350 e. The van der Waals surface area contributed by atoms with Gasteiger partial charge in [-0.3, -0.25) is 4.79 Å². The van der Waals surface area contributed by atoms with E-state index in [-0.39, 0.29) is 17.3 Å². The standard InChI is InChI=1S/C14H18BrFN2O/c15-11-8-10(4-5-12(11)16)13(19)18-9-14(17)6-2-1-3-7-14/h4-5,8H,1-3,6-7,9,17H2,(H,18,19). The summed E-state index contributed by atoms with van der Waals surface area (Å²) in [6.07, 6.45) is 5.35. The first kappa shape index (κ1) is 14.5. The molecule has 1 aromatic rings. The lowest BCUT2D eigenvalue weighted by molar-refractivity contribution is 0.0937. The lowest BCUT2D eigenvalue weighted by Gasteiger charge is -2.33. The summed E-state index contributed by atoms with van der Waals surface area (Å²) < 4.78 is 13.4. The number of halogens is 2. The lowest BCUT2D eigenvalue weighted by atomic mass is 9.82. The fourth-order valence-corrected chi connectivity index (χ4v) is 2.81. The fraction of sp³-hybridized carbons (Fsp3) is 0.500. The topological polar surface area (TPSA) is 55.1 Å². The summed E-state index contributed by atoms with van der Waals surface area (Å²) >= 11 is 3.07. The van der Waals surface area contributed by atoms with Crippen LogP contribution in [0.3, 0.4) is 0 Å². The van der Waals surface area contributed by atoms with Crippen LogP contribution in [-0.2, 0) is 0 Å². The van der Waals surface area contributed by atoms with Crippen LogP contribution in [0.5, 0.6) is 0 Å². The quantitative estimate of drug-likeness (QED) is 0.896.